The molecule has 270 valence electrons. The van der Waals surface area contributed by atoms with Crippen molar-refractivity contribution in [2.45, 2.75) is 62.2 Å². The third kappa shape index (κ3) is 8.41. The molecular weight excluding hydrogens is 699 g/mol. The average Bonchev–Trinajstić information content (AvgIpc) is 3.49. The van der Waals surface area contributed by atoms with Gasteiger partial charge in [-0.3, -0.25) is 14.5 Å². The zero-order valence-electron chi connectivity index (χ0n) is 27.5. The van der Waals surface area contributed by atoms with E-state index in [1.165, 1.54) is 18.5 Å². The van der Waals surface area contributed by atoms with Gasteiger partial charge in [0.2, 0.25) is 5.78 Å². The van der Waals surface area contributed by atoms with Gasteiger partial charge in [-0.1, -0.05) is 0 Å². The third-order valence-electron chi connectivity index (χ3n) is 7.99. The Labute approximate surface area is 289 Å². The minimum atomic E-state index is -4.72. The van der Waals surface area contributed by atoms with E-state index in [0.717, 1.165) is 12.3 Å². The van der Waals surface area contributed by atoms with Gasteiger partial charge in [0.25, 0.3) is 10.0 Å². The normalized spacial score (nSPS) is 15.3. The van der Waals surface area contributed by atoms with Crippen molar-refractivity contribution in [3.63, 3.8) is 0 Å². The fourth-order valence-corrected chi connectivity index (χ4v) is 6.41. The van der Waals surface area contributed by atoms with Gasteiger partial charge in [0, 0.05) is 48.9 Å². The topological polar surface area (TPSA) is 158 Å². The number of sulfonamides is 1. The highest BCUT2D eigenvalue weighted by Gasteiger charge is 2.32. The van der Waals surface area contributed by atoms with E-state index in [0.29, 0.717) is 61.8 Å². The van der Waals surface area contributed by atoms with Crippen molar-refractivity contribution in [2.75, 3.05) is 17.8 Å². The second-order valence-electron chi connectivity index (χ2n) is 12.8. The minimum Gasteiger partial charge on any atom is -0.444 e. The summed E-state index contributed by atoms with van der Waals surface area (Å²) < 4.78 is 102. The summed E-state index contributed by atoms with van der Waals surface area (Å²) in [6.45, 7) is 6.25. The molecule has 2 aromatic carbocycles. The number of anilines is 1. The van der Waals surface area contributed by atoms with E-state index >= 15 is 8.78 Å². The Kier molecular flexibility index (Phi) is 10.3. The monoisotopic (exact) mass is 732 g/mol. The number of hydrogen-bond donors (Lipinski definition) is 3. The van der Waals surface area contributed by atoms with E-state index in [9.17, 15) is 31.2 Å². The number of nitrogens with one attached hydrogen (secondary N) is 3. The van der Waals surface area contributed by atoms with Crippen molar-refractivity contribution in [3.05, 3.63) is 88.7 Å². The van der Waals surface area contributed by atoms with Crippen molar-refractivity contribution in [3.8, 4) is 0 Å². The number of benzene rings is 2. The van der Waals surface area contributed by atoms with Crippen LogP contribution in [-0.4, -0.2) is 72.3 Å². The largest absolute Gasteiger partial charge is 0.444 e. The number of amides is 1. The number of ether oxygens (including phenoxy) is 1. The molecule has 1 atom stereocenters. The molecule has 1 aliphatic heterocycles. The molecule has 1 fully saturated rings. The molecule has 3 heterocycles. The van der Waals surface area contributed by atoms with Gasteiger partial charge in [-0.15, -0.1) is 0 Å². The Bertz CT molecular complexity index is 2100. The Morgan fingerprint density at radius 1 is 1.10 bits per heavy atom. The van der Waals surface area contributed by atoms with Crippen LogP contribution < -0.4 is 4.72 Å². The van der Waals surface area contributed by atoms with Gasteiger partial charge in [-0.25, -0.2) is 27.0 Å². The summed E-state index contributed by atoms with van der Waals surface area (Å²) in [5.41, 5.74) is -3.18. The maximum Gasteiger partial charge on any atom is 0.416 e. The second kappa shape index (κ2) is 14.2. The molecule has 0 radical (unpaired) electrons. The molecule has 2 aromatic heterocycles. The number of halogens is 5. The number of H-pyrrole nitrogens is 1. The highest BCUT2D eigenvalue weighted by Crippen LogP contribution is 2.32. The predicted octanol–water partition coefficient (Wildman–Crippen LogP) is 7.10. The lowest BCUT2D eigenvalue weighted by Crippen LogP contribution is -2.42. The lowest BCUT2D eigenvalue weighted by molar-refractivity contribution is -0.137. The van der Waals surface area contributed by atoms with Crippen LogP contribution in [0.5, 0.6) is 0 Å². The molecular formula is C34H33F5N6O5S. The van der Waals surface area contributed by atoms with E-state index in [1.807, 2.05) is 4.72 Å². The zero-order chi connectivity index (χ0) is 37.3. The highest BCUT2D eigenvalue weighted by molar-refractivity contribution is 7.92. The van der Waals surface area contributed by atoms with Gasteiger partial charge in [0.1, 0.15) is 17.1 Å². The number of likely N-dealkylation sites (tertiary alicyclic amines) is 1. The van der Waals surface area contributed by atoms with Gasteiger partial charge in [0.15, 0.2) is 5.82 Å². The van der Waals surface area contributed by atoms with Crippen LogP contribution in [0.1, 0.15) is 66.6 Å². The lowest BCUT2D eigenvalue weighted by atomic mass is 9.98. The number of fused-ring (bicyclic) bond motifs is 1. The van der Waals surface area contributed by atoms with E-state index < -0.39 is 72.9 Å². The first-order valence-electron chi connectivity index (χ1n) is 15.6. The van der Waals surface area contributed by atoms with Crippen molar-refractivity contribution >= 4 is 51.0 Å². The number of rotatable bonds is 9. The molecule has 1 amide bonds. The van der Waals surface area contributed by atoms with E-state index in [4.69, 9.17) is 10.1 Å². The summed E-state index contributed by atoms with van der Waals surface area (Å²) >= 11 is 0. The first-order valence-corrected chi connectivity index (χ1v) is 17.1. The summed E-state index contributed by atoms with van der Waals surface area (Å²) in [6.07, 6.45) is 1.35. The Balaban J connectivity index is 1.35. The molecule has 17 heteroatoms. The van der Waals surface area contributed by atoms with Crippen LogP contribution in [0.4, 0.5) is 32.4 Å². The van der Waals surface area contributed by atoms with Crippen LogP contribution in [-0.2, 0) is 20.9 Å². The molecule has 1 unspecified atom stereocenters. The van der Waals surface area contributed by atoms with Crippen LogP contribution in [0.25, 0.3) is 11.0 Å². The molecule has 3 N–H and O–H groups in total. The molecule has 4 aromatic rings. The van der Waals surface area contributed by atoms with Gasteiger partial charge in [-0.05, 0) is 81.6 Å². The summed E-state index contributed by atoms with van der Waals surface area (Å²) in [7, 11) is -4.65. The van der Waals surface area contributed by atoms with Crippen molar-refractivity contribution in [2.24, 2.45) is 4.99 Å². The number of piperidine rings is 1. The molecule has 0 aliphatic carbocycles. The maximum absolute atomic E-state index is 15.7. The average molecular weight is 733 g/mol. The summed E-state index contributed by atoms with van der Waals surface area (Å²) in [6, 6.07) is 5.25. The number of aromatic amines is 1. The Hall–Kier alpha value is -5.19. The van der Waals surface area contributed by atoms with Crippen molar-refractivity contribution in [1.82, 2.24) is 14.9 Å². The SMILES string of the molecule is CC(C)(C)OC(=O)N1CCC(N=CC(C=N)c2cnc3[nH]cc(C(=O)c4c(F)ccc(NS(=O)(=O)c5ccc(C(F)(F)F)cc5)c4F)c3c2)CC1. The van der Waals surface area contributed by atoms with Gasteiger partial charge in [-0.2, -0.15) is 13.2 Å². The van der Waals surface area contributed by atoms with Crippen LogP contribution in [0.3, 0.4) is 0 Å². The first-order chi connectivity index (χ1) is 23.9. The molecule has 11 nitrogen and oxygen atoms in total. The number of carbonyl (C=O) groups is 2. The Morgan fingerprint density at radius 2 is 1.76 bits per heavy atom. The summed E-state index contributed by atoms with van der Waals surface area (Å²) in [5, 5.41) is 8.15. The summed E-state index contributed by atoms with van der Waals surface area (Å²) in [5.74, 6) is -4.67. The number of carbonyl (C=O) groups excluding carboxylic acids is 2. The molecule has 0 spiro atoms. The highest BCUT2D eigenvalue weighted by atomic mass is 32.2. The van der Waals surface area contributed by atoms with Gasteiger partial charge < -0.3 is 20.0 Å². The minimum absolute atomic E-state index is 0.123. The molecule has 0 bridgehead atoms. The number of alkyl halides is 3. The maximum atomic E-state index is 15.7. The lowest BCUT2D eigenvalue weighted by Gasteiger charge is -2.32. The quantitative estimate of drug-likeness (QED) is 0.0947. The number of nitrogens with zero attached hydrogens (tertiary/aromatic N) is 3. The van der Waals surface area contributed by atoms with E-state index in [1.54, 1.807) is 31.9 Å². The van der Waals surface area contributed by atoms with Gasteiger partial charge in [0.05, 0.1) is 33.7 Å². The molecule has 0 saturated carbocycles. The number of aliphatic imine (C=N–C) groups is 1. The molecule has 51 heavy (non-hydrogen) atoms. The van der Waals surface area contributed by atoms with Crippen LogP contribution in [0.2, 0.25) is 0 Å². The number of ketones is 1. The number of pyridine rings is 1. The van der Waals surface area contributed by atoms with Crippen LogP contribution in [0, 0.1) is 17.0 Å². The standard InChI is InChI=1S/C34H33F5N6O5S/c1-33(2,3)50-32(47)45-12-10-22(11-13-45)41-17-20(15-40)19-14-24-25(18-43-31(24)42-16-19)30(46)28-26(35)8-9-27(29(28)36)44-51(48,49)23-6-4-21(5-7-23)34(37,38)39/h4-9,14-18,20,22,40,44H,10-13H2,1-3H3,(H,42,43). The van der Waals surface area contributed by atoms with Crippen LogP contribution in [0.15, 0.2) is 64.7 Å². The number of hydrogen-bond acceptors (Lipinski definition) is 8. The molecule has 1 saturated heterocycles. The molecule has 5 rings (SSSR count). The van der Waals surface area contributed by atoms with Gasteiger partial charge >= 0.3 is 12.3 Å². The van der Waals surface area contributed by atoms with Crippen LogP contribution >= 0.6 is 0 Å². The fourth-order valence-electron chi connectivity index (χ4n) is 5.35. The first kappa shape index (κ1) is 37.1. The van der Waals surface area contributed by atoms with Crippen molar-refractivity contribution in [1.29, 1.82) is 5.41 Å². The van der Waals surface area contributed by atoms with E-state index in [2.05, 4.69) is 15.0 Å². The zero-order valence-corrected chi connectivity index (χ0v) is 28.3. The van der Waals surface area contributed by atoms with Crippen molar-refractivity contribution < 1.29 is 44.7 Å². The Morgan fingerprint density at radius 3 is 2.37 bits per heavy atom. The smallest absolute Gasteiger partial charge is 0.416 e. The summed E-state index contributed by atoms with van der Waals surface area (Å²) in [4.78, 5) is 38.6. The van der Waals surface area contributed by atoms with E-state index in [-0.39, 0.29) is 22.6 Å². The molecule has 1 aliphatic rings. The third-order valence-corrected chi connectivity index (χ3v) is 9.37. The second-order valence-corrected chi connectivity index (χ2v) is 14.5. The predicted molar refractivity (Wildman–Crippen MR) is 179 cm³/mol. The fraction of sp³-hybridized carbons (Fsp3) is 0.324. The number of aromatic nitrogens is 2.